The number of anilines is 1. The smallest absolute Gasteiger partial charge is 0.230 e. The Morgan fingerprint density at radius 3 is 2.56 bits per heavy atom. The van der Waals surface area contributed by atoms with E-state index in [2.05, 4.69) is 0 Å². The molecule has 2 aromatic rings. The zero-order chi connectivity index (χ0) is 18.4. The van der Waals surface area contributed by atoms with Crippen molar-refractivity contribution in [1.82, 2.24) is 0 Å². The van der Waals surface area contributed by atoms with Crippen molar-refractivity contribution in [2.75, 3.05) is 25.7 Å². The normalized spacial score (nSPS) is 11.9. The minimum Gasteiger partial charge on any atom is -0.495 e. The minimum absolute atomic E-state index is 0.0719. The van der Waals surface area contributed by atoms with Crippen LogP contribution >= 0.6 is 23.2 Å². The van der Waals surface area contributed by atoms with Crippen molar-refractivity contribution in [3.05, 3.63) is 58.1 Å². The van der Waals surface area contributed by atoms with Gasteiger partial charge in [-0.3, -0.25) is 4.79 Å². The van der Waals surface area contributed by atoms with Crippen molar-refractivity contribution in [1.29, 1.82) is 0 Å². The summed E-state index contributed by atoms with van der Waals surface area (Å²) in [6.07, 6.45) is 0.828. The first-order chi connectivity index (χ1) is 12.0. The molecular formula is C19H21Cl2NO3. The van der Waals surface area contributed by atoms with Gasteiger partial charge in [-0.15, -0.1) is 0 Å². The molecule has 1 N–H and O–H groups in total. The van der Waals surface area contributed by atoms with Gasteiger partial charge in [0, 0.05) is 19.6 Å². The highest BCUT2D eigenvalue weighted by molar-refractivity contribution is 6.42. The van der Waals surface area contributed by atoms with Crippen LogP contribution in [0.5, 0.6) is 5.75 Å². The number of hydrogen-bond donors (Lipinski definition) is 1. The SMILES string of the molecule is COc1ccccc1N(C)C(=O)C(CCO)Cc1ccc(Cl)c(Cl)c1. The predicted molar refractivity (Wildman–Crippen MR) is 102 cm³/mol. The van der Waals surface area contributed by atoms with Crippen molar-refractivity contribution in [2.24, 2.45) is 5.92 Å². The van der Waals surface area contributed by atoms with Crippen LogP contribution in [0.3, 0.4) is 0 Å². The van der Waals surface area contributed by atoms with Crippen LogP contribution in [0.25, 0.3) is 0 Å². The summed E-state index contributed by atoms with van der Waals surface area (Å²) in [6, 6.07) is 12.6. The van der Waals surface area contributed by atoms with Crippen LogP contribution in [0.4, 0.5) is 5.69 Å². The van der Waals surface area contributed by atoms with Gasteiger partial charge in [0.1, 0.15) is 5.75 Å². The van der Waals surface area contributed by atoms with Crippen LogP contribution < -0.4 is 9.64 Å². The Labute approximate surface area is 157 Å². The van der Waals surface area contributed by atoms with Crippen LogP contribution in [0.1, 0.15) is 12.0 Å². The number of amides is 1. The number of aliphatic hydroxyl groups excluding tert-OH is 1. The number of methoxy groups -OCH3 is 1. The highest BCUT2D eigenvalue weighted by atomic mass is 35.5. The Morgan fingerprint density at radius 1 is 1.20 bits per heavy atom. The van der Waals surface area contributed by atoms with Crippen molar-refractivity contribution in [2.45, 2.75) is 12.8 Å². The van der Waals surface area contributed by atoms with E-state index in [1.807, 2.05) is 24.3 Å². The fourth-order valence-corrected chi connectivity index (χ4v) is 3.04. The van der Waals surface area contributed by atoms with Gasteiger partial charge in [0.2, 0.25) is 5.91 Å². The summed E-state index contributed by atoms with van der Waals surface area (Å²) in [7, 11) is 3.28. The Balaban J connectivity index is 2.23. The molecule has 0 saturated heterocycles. The van der Waals surface area contributed by atoms with Gasteiger partial charge < -0.3 is 14.7 Å². The number of carbonyl (C=O) groups is 1. The summed E-state index contributed by atoms with van der Waals surface area (Å²) >= 11 is 12.0. The Morgan fingerprint density at radius 2 is 1.92 bits per heavy atom. The summed E-state index contributed by atoms with van der Waals surface area (Å²) in [4.78, 5) is 14.5. The maximum atomic E-state index is 13.0. The molecule has 134 valence electrons. The lowest BCUT2D eigenvalue weighted by molar-refractivity contribution is -0.122. The average Bonchev–Trinajstić information content (AvgIpc) is 2.63. The van der Waals surface area contributed by atoms with Crippen molar-refractivity contribution in [3.8, 4) is 5.75 Å². The van der Waals surface area contributed by atoms with Crippen molar-refractivity contribution in [3.63, 3.8) is 0 Å². The Hall–Kier alpha value is -1.75. The number of rotatable bonds is 7. The summed E-state index contributed by atoms with van der Waals surface area (Å²) in [5.41, 5.74) is 1.58. The molecule has 0 radical (unpaired) electrons. The fourth-order valence-electron chi connectivity index (χ4n) is 2.72. The number of para-hydroxylation sites is 2. The maximum Gasteiger partial charge on any atom is 0.230 e. The topological polar surface area (TPSA) is 49.8 Å². The second-order valence-corrected chi connectivity index (χ2v) is 6.55. The van der Waals surface area contributed by atoms with E-state index in [1.165, 1.54) is 0 Å². The zero-order valence-electron chi connectivity index (χ0n) is 14.2. The van der Waals surface area contributed by atoms with Gasteiger partial charge in [0.05, 0.1) is 22.8 Å². The molecule has 6 heteroatoms. The first-order valence-corrected chi connectivity index (χ1v) is 8.69. The first-order valence-electron chi connectivity index (χ1n) is 7.93. The third-order valence-corrected chi connectivity index (χ3v) is 4.81. The highest BCUT2D eigenvalue weighted by Crippen LogP contribution is 2.29. The molecule has 0 aromatic heterocycles. The third-order valence-electron chi connectivity index (χ3n) is 4.07. The molecule has 0 aliphatic heterocycles. The summed E-state index contributed by atoms with van der Waals surface area (Å²) in [5.74, 6) is 0.150. The molecule has 0 saturated carbocycles. The molecule has 1 unspecified atom stereocenters. The monoisotopic (exact) mass is 381 g/mol. The highest BCUT2D eigenvalue weighted by Gasteiger charge is 2.24. The first kappa shape index (κ1) is 19.6. The Kier molecular flexibility index (Phi) is 7.12. The van der Waals surface area contributed by atoms with E-state index in [9.17, 15) is 9.90 Å². The summed E-state index contributed by atoms with van der Waals surface area (Å²) in [6.45, 7) is -0.0719. The van der Waals surface area contributed by atoms with Gasteiger partial charge in [-0.25, -0.2) is 0 Å². The van der Waals surface area contributed by atoms with Crippen molar-refractivity contribution >= 4 is 34.8 Å². The molecule has 1 amide bonds. The van der Waals surface area contributed by atoms with Crippen LogP contribution in [0.15, 0.2) is 42.5 Å². The molecule has 1 atom stereocenters. The molecule has 0 spiro atoms. The van der Waals surface area contributed by atoms with Crippen LogP contribution in [-0.4, -0.2) is 31.8 Å². The number of ether oxygens (including phenoxy) is 1. The number of carbonyl (C=O) groups excluding carboxylic acids is 1. The van der Waals surface area contributed by atoms with Crippen LogP contribution in [-0.2, 0) is 11.2 Å². The lowest BCUT2D eigenvalue weighted by Crippen LogP contribution is -2.34. The molecule has 0 fully saturated rings. The molecule has 0 bridgehead atoms. The molecule has 2 aromatic carbocycles. The van der Waals surface area contributed by atoms with Gasteiger partial charge in [0.15, 0.2) is 0 Å². The van der Waals surface area contributed by atoms with Crippen LogP contribution in [0, 0.1) is 5.92 Å². The van der Waals surface area contributed by atoms with Gasteiger partial charge in [-0.2, -0.15) is 0 Å². The van der Waals surface area contributed by atoms with Gasteiger partial charge in [-0.05, 0) is 42.7 Å². The largest absolute Gasteiger partial charge is 0.495 e. The summed E-state index contributed by atoms with van der Waals surface area (Å²) in [5, 5.41) is 10.3. The van der Waals surface area contributed by atoms with E-state index < -0.39 is 0 Å². The molecule has 0 aliphatic rings. The molecule has 0 aliphatic carbocycles. The number of benzene rings is 2. The molecule has 2 rings (SSSR count). The zero-order valence-corrected chi connectivity index (χ0v) is 15.7. The number of hydrogen-bond acceptors (Lipinski definition) is 3. The number of aliphatic hydroxyl groups is 1. The van der Waals surface area contributed by atoms with E-state index in [-0.39, 0.29) is 18.4 Å². The molecule has 4 nitrogen and oxygen atoms in total. The lowest BCUT2D eigenvalue weighted by Gasteiger charge is -2.25. The molecular weight excluding hydrogens is 361 g/mol. The second-order valence-electron chi connectivity index (χ2n) is 5.73. The third kappa shape index (κ3) is 4.88. The quantitative estimate of drug-likeness (QED) is 0.781. The standard InChI is InChI=1S/C19H21Cl2NO3/c1-22(17-5-3-4-6-18(17)25-2)19(24)14(9-10-23)11-13-7-8-15(20)16(21)12-13/h3-8,12,14,23H,9-11H2,1-2H3. The van der Waals surface area contributed by atoms with Crippen molar-refractivity contribution < 1.29 is 14.6 Å². The van der Waals surface area contributed by atoms with E-state index >= 15 is 0 Å². The molecule has 25 heavy (non-hydrogen) atoms. The molecule has 0 heterocycles. The van der Waals surface area contributed by atoms with Gasteiger partial charge >= 0.3 is 0 Å². The lowest BCUT2D eigenvalue weighted by atomic mass is 9.95. The van der Waals surface area contributed by atoms with Crippen LogP contribution in [0.2, 0.25) is 10.0 Å². The minimum atomic E-state index is -0.378. The Bertz CT molecular complexity index is 736. The fraction of sp³-hybridized carbons (Fsp3) is 0.316. The van der Waals surface area contributed by atoms with E-state index in [0.29, 0.717) is 34.3 Å². The summed E-state index contributed by atoms with van der Waals surface area (Å²) < 4.78 is 5.33. The predicted octanol–water partition coefficient (Wildman–Crippen LogP) is 4.21. The van der Waals surface area contributed by atoms with Gasteiger partial charge in [0.25, 0.3) is 0 Å². The second kappa shape index (κ2) is 9.09. The average molecular weight is 382 g/mol. The number of halogens is 2. The van der Waals surface area contributed by atoms with E-state index in [1.54, 1.807) is 37.3 Å². The number of nitrogens with zero attached hydrogens (tertiary/aromatic N) is 1. The van der Waals surface area contributed by atoms with E-state index in [0.717, 1.165) is 5.56 Å². The van der Waals surface area contributed by atoms with Gasteiger partial charge in [-0.1, -0.05) is 41.4 Å². The van der Waals surface area contributed by atoms with E-state index in [4.69, 9.17) is 27.9 Å². The maximum absolute atomic E-state index is 13.0.